The highest BCUT2D eigenvalue weighted by atomic mass is 19.1. The van der Waals surface area contributed by atoms with Gasteiger partial charge in [-0.1, -0.05) is 6.07 Å². The maximum absolute atomic E-state index is 13.3. The van der Waals surface area contributed by atoms with Gasteiger partial charge in [-0.15, -0.1) is 0 Å². The molecule has 1 aromatic carbocycles. The molecule has 4 nitrogen and oxygen atoms in total. The predicted octanol–water partition coefficient (Wildman–Crippen LogP) is 1.50. The summed E-state index contributed by atoms with van der Waals surface area (Å²) in [5, 5.41) is 18.5. The average Bonchev–Trinajstić information content (AvgIpc) is 2.81. The van der Waals surface area contributed by atoms with Crippen molar-refractivity contribution in [1.82, 2.24) is 9.97 Å². The van der Waals surface area contributed by atoms with Crippen molar-refractivity contribution in [1.29, 1.82) is 5.26 Å². The van der Waals surface area contributed by atoms with Crippen LogP contribution in [0.2, 0.25) is 0 Å². The third kappa shape index (κ3) is 2.49. The van der Waals surface area contributed by atoms with E-state index in [0.717, 1.165) is 0 Å². The summed E-state index contributed by atoms with van der Waals surface area (Å²) in [6.07, 6.45) is 3.51. The van der Waals surface area contributed by atoms with Gasteiger partial charge < -0.3 is 10.1 Å². The van der Waals surface area contributed by atoms with Crippen LogP contribution in [0.5, 0.6) is 0 Å². The Morgan fingerprint density at radius 3 is 3.00 bits per heavy atom. The molecular weight excluding hydrogens is 221 g/mol. The predicted molar refractivity (Wildman–Crippen MR) is 57.2 cm³/mol. The van der Waals surface area contributed by atoms with E-state index in [9.17, 15) is 9.50 Å². The molecule has 85 valence electrons. The molecule has 2 rings (SSSR count). The highest BCUT2D eigenvalue weighted by molar-refractivity contribution is 5.34. The molecule has 1 aromatic heterocycles. The molecule has 1 unspecified atom stereocenters. The second-order valence-corrected chi connectivity index (χ2v) is 3.59. The van der Waals surface area contributed by atoms with Crippen LogP contribution in [0.3, 0.4) is 0 Å². The molecule has 0 aliphatic carbocycles. The van der Waals surface area contributed by atoms with Crippen molar-refractivity contribution >= 4 is 0 Å². The van der Waals surface area contributed by atoms with E-state index in [1.807, 2.05) is 0 Å². The quantitative estimate of drug-likeness (QED) is 0.839. The van der Waals surface area contributed by atoms with Crippen LogP contribution in [0, 0.1) is 23.5 Å². The van der Waals surface area contributed by atoms with E-state index in [4.69, 9.17) is 5.26 Å². The lowest BCUT2D eigenvalue weighted by molar-refractivity contribution is 0.177. The van der Waals surface area contributed by atoms with Gasteiger partial charge in [0, 0.05) is 18.3 Å². The molecule has 0 spiro atoms. The van der Waals surface area contributed by atoms with E-state index >= 15 is 0 Å². The van der Waals surface area contributed by atoms with E-state index in [0.29, 0.717) is 17.7 Å². The summed E-state index contributed by atoms with van der Waals surface area (Å²) in [6, 6.07) is 5.79. The zero-order valence-electron chi connectivity index (χ0n) is 8.81. The first-order valence-corrected chi connectivity index (χ1v) is 4.98. The number of hydrogen-bond donors (Lipinski definition) is 2. The number of aliphatic hydroxyl groups excluding tert-OH is 1. The van der Waals surface area contributed by atoms with Gasteiger partial charge in [-0.05, 0) is 17.7 Å². The summed E-state index contributed by atoms with van der Waals surface area (Å²) in [5.41, 5.74) is 1.11. The summed E-state index contributed by atoms with van der Waals surface area (Å²) in [6.45, 7) is 0. The smallest absolute Gasteiger partial charge is 0.173 e. The first-order valence-electron chi connectivity index (χ1n) is 4.98. The van der Waals surface area contributed by atoms with Crippen molar-refractivity contribution in [3.05, 3.63) is 53.4 Å². The molecule has 1 radical (unpaired) electrons. The normalized spacial score (nSPS) is 12.1. The van der Waals surface area contributed by atoms with Gasteiger partial charge in [0.1, 0.15) is 11.9 Å². The molecular formula is C12H9FN3O. The largest absolute Gasteiger partial charge is 0.388 e. The standard InChI is InChI=1S/C12H9FN3O/c13-11-3-8(1-2-9(11)5-14)12(17)4-10-6-15-7-16-10/h1-3,6,12,17H,4H2,(H,15,16). The van der Waals surface area contributed by atoms with E-state index < -0.39 is 11.9 Å². The Morgan fingerprint density at radius 1 is 1.59 bits per heavy atom. The van der Waals surface area contributed by atoms with Gasteiger partial charge in [0.25, 0.3) is 0 Å². The minimum atomic E-state index is -0.842. The number of nitrogens with zero attached hydrogens (tertiary/aromatic N) is 2. The Labute approximate surface area is 97.4 Å². The van der Waals surface area contributed by atoms with Crippen molar-refractivity contribution in [2.24, 2.45) is 0 Å². The van der Waals surface area contributed by atoms with E-state index in [2.05, 4.69) is 16.3 Å². The number of aromatic amines is 1. The van der Waals surface area contributed by atoms with Crippen LogP contribution in [-0.4, -0.2) is 15.1 Å². The summed E-state index contributed by atoms with van der Waals surface area (Å²) in [4.78, 5) is 6.44. The van der Waals surface area contributed by atoms with Crippen molar-refractivity contribution in [2.45, 2.75) is 12.5 Å². The third-order valence-corrected chi connectivity index (χ3v) is 2.41. The van der Waals surface area contributed by atoms with Gasteiger partial charge in [0.15, 0.2) is 6.33 Å². The van der Waals surface area contributed by atoms with Gasteiger partial charge in [-0.3, -0.25) is 0 Å². The van der Waals surface area contributed by atoms with E-state index in [1.165, 1.54) is 18.2 Å². The molecule has 17 heavy (non-hydrogen) atoms. The van der Waals surface area contributed by atoms with Gasteiger partial charge >= 0.3 is 0 Å². The second kappa shape index (κ2) is 4.76. The maximum atomic E-state index is 13.3. The Bertz CT molecular complexity index is 545. The Hall–Kier alpha value is -2.19. The molecule has 0 saturated heterocycles. The van der Waals surface area contributed by atoms with Crippen LogP contribution >= 0.6 is 0 Å². The Kier molecular flexibility index (Phi) is 3.17. The van der Waals surface area contributed by atoms with Crippen molar-refractivity contribution in [3.8, 4) is 6.07 Å². The molecule has 5 heteroatoms. The number of H-pyrrole nitrogens is 1. The first-order chi connectivity index (χ1) is 8.20. The zero-order valence-corrected chi connectivity index (χ0v) is 8.81. The summed E-state index contributed by atoms with van der Waals surface area (Å²) in [5.74, 6) is -0.625. The Balaban J connectivity index is 2.17. The summed E-state index contributed by atoms with van der Waals surface area (Å²) in [7, 11) is 0. The SMILES string of the molecule is N#Cc1ccc(C(O)Cc2cn[c][nH]2)cc1F. The first kappa shape index (κ1) is 11.3. The number of aromatic nitrogens is 2. The van der Waals surface area contributed by atoms with Gasteiger partial charge in [0.05, 0.1) is 11.7 Å². The van der Waals surface area contributed by atoms with Crippen LogP contribution < -0.4 is 0 Å². The molecule has 0 saturated carbocycles. The lowest BCUT2D eigenvalue weighted by atomic mass is 10.0. The van der Waals surface area contributed by atoms with Crippen LogP contribution in [0.25, 0.3) is 0 Å². The lowest BCUT2D eigenvalue weighted by Crippen LogP contribution is -2.03. The average molecular weight is 230 g/mol. The summed E-state index contributed by atoms with van der Waals surface area (Å²) < 4.78 is 13.3. The molecule has 2 aromatic rings. The summed E-state index contributed by atoms with van der Waals surface area (Å²) >= 11 is 0. The van der Waals surface area contributed by atoms with E-state index in [1.54, 1.807) is 12.3 Å². The second-order valence-electron chi connectivity index (χ2n) is 3.59. The number of rotatable bonds is 3. The highest BCUT2D eigenvalue weighted by Crippen LogP contribution is 2.19. The molecule has 1 heterocycles. The lowest BCUT2D eigenvalue weighted by Gasteiger charge is -2.09. The monoisotopic (exact) mass is 230 g/mol. The highest BCUT2D eigenvalue weighted by Gasteiger charge is 2.12. The number of benzene rings is 1. The fourth-order valence-corrected chi connectivity index (χ4v) is 1.51. The molecule has 2 N–H and O–H groups in total. The van der Waals surface area contributed by atoms with Crippen LogP contribution in [-0.2, 0) is 6.42 Å². The number of halogens is 1. The molecule has 0 aliphatic rings. The molecule has 0 bridgehead atoms. The molecule has 0 aliphatic heterocycles. The topological polar surface area (TPSA) is 72.7 Å². The fraction of sp³-hybridized carbons (Fsp3) is 0.167. The van der Waals surface area contributed by atoms with Crippen LogP contribution in [0.1, 0.15) is 22.9 Å². The molecule has 1 atom stereocenters. The van der Waals surface area contributed by atoms with Gasteiger partial charge in [-0.2, -0.15) is 5.26 Å². The van der Waals surface area contributed by atoms with Crippen molar-refractivity contribution in [2.75, 3.05) is 0 Å². The number of nitrogens with one attached hydrogen (secondary N) is 1. The van der Waals surface area contributed by atoms with Gasteiger partial charge in [0.2, 0.25) is 0 Å². The van der Waals surface area contributed by atoms with Crippen LogP contribution in [0.4, 0.5) is 4.39 Å². The number of imidazole rings is 1. The number of nitriles is 1. The zero-order chi connectivity index (χ0) is 12.3. The molecule has 0 amide bonds. The van der Waals surface area contributed by atoms with E-state index in [-0.39, 0.29) is 5.56 Å². The minimum Gasteiger partial charge on any atom is -0.388 e. The minimum absolute atomic E-state index is 0.0316. The fourth-order valence-electron chi connectivity index (χ4n) is 1.51. The maximum Gasteiger partial charge on any atom is 0.173 e. The third-order valence-electron chi connectivity index (χ3n) is 2.41. The van der Waals surface area contributed by atoms with Crippen LogP contribution in [0.15, 0.2) is 24.4 Å². The van der Waals surface area contributed by atoms with Gasteiger partial charge in [-0.25, -0.2) is 9.37 Å². The number of hydrogen-bond acceptors (Lipinski definition) is 3. The Morgan fingerprint density at radius 2 is 2.41 bits per heavy atom. The number of aliphatic hydroxyl groups is 1. The molecule has 0 fully saturated rings. The van der Waals surface area contributed by atoms with Crippen molar-refractivity contribution < 1.29 is 9.50 Å². The van der Waals surface area contributed by atoms with Crippen molar-refractivity contribution in [3.63, 3.8) is 0 Å².